The molecule has 138 valence electrons. The van der Waals surface area contributed by atoms with Crippen molar-refractivity contribution in [1.82, 2.24) is 10.2 Å². The third kappa shape index (κ3) is 5.96. The van der Waals surface area contributed by atoms with Gasteiger partial charge in [-0.2, -0.15) is 0 Å². The summed E-state index contributed by atoms with van der Waals surface area (Å²) >= 11 is 0. The number of aromatic hydroxyl groups is 1. The van der Waals surface area contributed by atoms with Crippen LogP contribution in [0.5, 0.6) is 5.75 Å². The number of nitrogens with zero attached hydrogens (tertiary/aromatic N) is 2. The Balaban J connectivity index is 1.70. The third-order valence-electron chi connectivity index (χ3n) is 4.49. The number of benzene rings is 1. The van der Waals surface area contributed by atoms with Gasteiger partial charge in [-0.1, -0.05) is 12.1 Å². The molecule has 2 rings (SSSR count). The molecule has 1 aliphatic rings. The number of nitrogens with one attached hydrogen (secondary N) is 1. The smallest absolute Gasteiger partial charge is 0.309 e. The van der Waals surface area contributed by atoms with Crippen LogP contribution in [-0.2, 0) is 16.0 Å². The zero-order valence-electron chi connectivity index (χ0n) is 15.2. The number of aliphatic imine (C=N–C) groups is 1. The SMILES string of the molecule is CCOC(=O)C1CCN(C(=NC)NCCCc2ccc(O)cc2)CC1. The highest BCUT2D eigenvalue weighted by Crippen LogP contribution is 2.18. The van der Waals surface area contributed by atoms with Crippen molar-refractivity contribution < 1.29 is 14.6 Å². The molecule has 1 saturated heterocycles. The molecule has 1 aromatic carbocycles. The number of aryl methyl sites for hydroxylation is 1. The lowest BCUT2D eigenvalue weighted by Crippen LogP contribution is -2.47. The third-order valence-corrected chi connectivity index (χ3v) is 4.49. The van der Waals surface area contributed by atoms with Crippen molar-refractivity contribution in [3.8, 4) is 5.75 Å². The highest BCUT2D eigenvalue weighted by atomic mass is 16.5. The van der Waals surface area contributed by atoms with Crippen LogP contribution in [0.4, 0.5) is 0 Å². The largest absolute Gasteiger partial charge is 0.508 e. The van der Waals surface area contributed by atoms with Crippen LogP contribution in [0.25, 0.3) is 0 Å². The molecule has 0 bridgehead atoms. The first-order valence-electron chi connectivity index (χ1n) is 9.04. The molecule has 0 unspecified atom stereocenters. The van der Waals surface area contributed by atoms with Crippen LogP contribution in [0, 0.1) is 5.92 Å². The Hall–Kier alpha value is -2.24. The Labute approximate surface area is 149 Å². The predicted octanol–water partition coefficient (Wildman–Crippen LogP) is 2.18. The number of esters is 1. The van der Waals surface area contributed by atoms with Crippen LogP contribution < -0.4 is 5.32 Å². The lowest BCUT2D eigenvalue weighted by atomic mass is 9.97. The Kier molecular flexibility index (Phi) is 7.57. The number of carbonyl (C=O) groups excluding carboxylic acids is 1. The van der Waals surface area contributed by atoms with Crippen molar-refractivity contribution in [2.24, 2.45) is 10.9 Å². The van der Waals surface area contributed by atoms with E-state index in [2.05, 4.69) is 15.2 Å². The minimum Gasteiger partial charge on any atom is -0.508 e. The molecule has 6 nitrogen and oxygen atoms in total. The van der Waals surface area contributed by atoms with E-state index in [0.29, 0.717) is 12.4 Å². The second kappa shape index (κ2) is 9.91. The first kappa shape index (κ1) is 19.1. The van der Waals surface area contributed by atoms with Crippen LogP contribution in [0.15, 0.2) is 29.3 Å². The molecule has 2 N–H and O–H groups in total. The minimum atomic E-state index is -0.0704. The van der Waals surface area contributed by atoms with Gasteiger partial charge in [0.25, 0.3) is 0 Å². The molecule has 6 heteroatoms. The number of carbonyl (C=O) groups is 1. The molecular weight excluding hydrogens is 318 g/mol. The average Bonchev–Trinajstić information content (AvgIpc) is 2.64. The molecule has 1 fully saturated rings. The van der Waals surface area contributed by atoms with Gasteiger partial charge in [-0.15, -0.1) is 0 Å². The topological polar surface area (TPSA) is 74.2 Å². The Morgan fingerprint density at radius 1 is 1.32 bits per heavy atom. The van der Waals surface area contributed by atoms with Crippen LogP contribution >= 0.6 is 0 Å². The summed E-state index contributed by atoms with van der Waals surface area (Å²) in [4.78, 5) is 18.4. The van der Waals surface area contributed by atoms with Crippen molar-refractivity contribution in [2.75, 3.05) is 33.3 Å². The highest BCUT2D eigenvalue weighted by molar-refractivity contribution is 5.80. The summed E-state index contributed by atoms with van der Waals surface area (Å²) in [5.41, 5.74) is 1.21. The van der Waals surface area contributed by atoms with Gasteiger partial charge in [-0.05, 0) is 50.3 Å². The van der Waals surface area contributed by atoms with Crippen LogP contribution in [0.3, 0.4) is 0 Å². The van der Waals surface area contributed by atoms with Gasteiger partial charge in [-0.25, -0.2) is 0 Å². The van der Waals surface area contributed by atoms with Gasteiger partial charge in [0.05, 0.1) is 12.5 Å². The van der Waals surface area contributed by atoms with E-state index in [9.17, 15) is 9.90 Å². The molecule has 0 saturated carbocycles. The molecule has 0 aromatic heterocycles. The molecule has 25 heavy (non-hydrogen) atoms. The number of ether oxygens (including phenoxy) is 1. The second-order valence-corrected chi connectivity index (χ2v) is 6.26. The first-order valence-corrected chi connectivity index (χ1v) is 9.04. The van der Waals surface area contributed by atoms with E-state index in [0.717, 1.165) is 51.3 Å². The average molecular weight is 347 g/mol. The maximum atomic E-state index is 11.8. The van der Waals surface area contributed by atoms with Crippen molar-refractivity contribution >= 4 is 11.9 Å². The van der Waals surface area contributed by atoms with Crippen molar-refractivity contribution in [2.45, 2.75) is 32.6 Å². The monoisotopic (exact) mass is 347 g/mol. The fourth-order valence-corrected chi connectivity index (χ4v) is 3.07. The van der Waals surface area contributed by atoms with E-state index in [1.165, 1.54) is 5.56 Å². The summed E-state index contributed by atoms with van der Waals surface area (Å²) in [6, 6.07) is 7.33. The maximum absolute atomic E-state index is 11.8. The summed E-state index contributed by atoms with van der Waals surface area (Å²) in [5.74, 6) is 1.14. The van der Waals surface area contributed by atoms with Crippen LogP contribution in [0.2, 0.25) is 0 Å². The Bertz CT molecular complexity index is 564. The van der Waals surface area contributed by atoms with Crippen molar-refractivity contribution in [3.63, 3.8) is 0 Å². The fraction of sp³-hybridized carbons (Fsp3) is 0.579. The van der Waals surface area contributed by atoms with Crippen LogP contribution in [0.1, 0.15) is 31.7 Å². The van der Waals surface area contributed by atoms with E-state index in [-0.39, 0.29) is 11.9 Å². The lowest BCUT2D eigenvalue weighted by molar-refractivity contribution is -0.149. The molecule has 0 radical (unpaired) electrons. The summed E-state index contributed by atoms with van der Waals surface area (Å²) in [6.07, 6.45) is 3.57. The first-order chi connectivity index (χ1) is 12.1. The molecule has 0 atom stereocenters. The summed E-state index contributed by atoms with van der Waals surface area (Å²) in [5, 5.41) is 12.7. The van der Waals surface area contributed by atoms with Gasteiger partial charge in [0, 0.05) is 26.7 Å². The van der Waals surface area contributed by atoms with Gasteiger partial charge in [0.1, 0.15) is 5.75 Å². The maximum Gasteiger partial charge on any atom is 0.309 e. The quantitative estimate of drug-likeness (QED) is 0.357. The second-order valence-electron chi connectivity index (χ2n) is 6.26. The highest BCUT2D eigenvalue weighted by Gasteiger charge is 2.27. The summed E-state index contributed by atoms with van der Waals surface area (Å²) < 4.78 is 5.11. The Morgan fingerprint density at radius 3 is 2.60 bits per heavy atom. The van der Waals surface area contributed by atoms with Gasteiger partial charge in [0.2, 0.25) is 0 Å². The van der Waals surface area contributed by atoms with E-state index in [4.69, 9.17) is 4.74 Å². The summed E-state index contributed by atoms with van der Waals surface area (Å²) in [7, 11) is 1.79. The molecule has 1 aliphatic heterocycles. The zero-order valence-corrected chi connectivity index (χ0v) is 15.2. The number of phenols is 1. The number of likely N-dealkylation sites (tertiary alicyclic amines) is 1. The molecule has 0 amide bonds. The molecule has 1 heterocycles. The minimum absolute atomic E-state index is 0.0174. The van der Waals surface area contributed by atoms with E-state index >= 15 is 0 Å². The molecule has 0 aliphatic carbocycles. The number of hydrogen-bond donors (Lipinski definition) is 2. The molecular formula is C19H29N3O3. The van der Waals surface area contributed by atoms with Gasteiger partial charge < -0.3 is 20.1 Å². The number of rotatable bonds is 6. The number of phenolic OH excluding ortho intramolecular Hbond substituents is 1. The lowest BCUT2D eigenvalue weighted by Gasteiger charge is -2.33. The van der Waals surface area contributed by atoms with Crippen molar-refractivity contribution in [3.05, 3.63) is 29.8 Å². The molecule has 1 aromatic rings. The standard InChI is InChI=1S/C19H29N3O3/c1-3-25-18(24)16-10-13-22(14-11-16)19(20-2)21-12-4-5-15-6-8-17(23)9-7-15/h6-9,16,23H,3-5,10-14H2,1-2H3,(H,20,21). The van der Waals surface area contributed by atoms with E-state index in [1.54, 1.807) is 19.2 Å². The number of hydrogen-bond acceptors (Lipinski definition) is 4. The van der Waals surface area contributed by atoms with Gasteiger partial charge in [0.15, 0.2) is 5.96 Å². The Morgan fingerprint density at radius 2 is 2.00 bits per heavy atom. The van der Waals surface area contributed by atoms with Gasteiger partial charge >= 0.3 is 5.97 Å². The summed E-state index contributed by atoms with van der Waals surface area (Å²) in [6.45, 7) is 4.77. The fourth-order valence-electron chi connectivity index (χ4n) is 3.07. The molecule has 0 spiro atoms. The van der Waals surface area contributed by atoms with Gasteiger partial charge in [-0.3, -0.25) is 9.79 Å². The zero-order chi connectivity index (χ0) is 18.1. The van der Waals surface area contributed by atoms with E-state index in [1.807, 2.05) is 19.1 Å². The van der Waals surface area contributed by atoms with E-state index < -0.39 is 0 Å². The predicted molar refractivity (Wildman–Crippen MR) is 98.7 cm³/mol. The van der Waals surface area contributed by atoms with Crippen molar-refractivity contribution in [1.29, 1.82) is 0 Å². The number of piperidine rings is 1. The van der Waals surface area contributed by atoms with Crippen LogP contribution in [-0.4, -0.2) is 55.2 Å². The number of guanidine groups is 1. The normalized spacial score (nSPS) is 15.9.